The number of anilines is 1. The van der Waals surface area contributed by atoms with E-state index in [2.05, 4.69) is 24.5 Å². The van der Waals surface area contributed by atoms with Gasteiger partial charge >= 0.3 is 0 Å². The van der Waals surface area contributed by atoms with Crippen molar-refractivity contribution in [3.05, 3.63) is 29.8 Å². The van der Waals surface area contributed by atoms with Gasteiger partial charge in [-0.15, -0.1) is 0 Å². The van der Waals surface area contributed by atoms with Gasteiger partial charge in [0, 0.05) is 23.3 Å². The van der Waals surface area contributed by atoms with E-state index in [1.54, 1.807) is 0 Å². The quantitative estimate of drug-likeness (QED) is 0.784. The molecule has 1 aromatic rings. The third-order valence-corrected chi connectivity index (χ3v) is 2.95. The second-order valence-corrected chi connectivity index (χ2v) is 5.40. The van der Waals surface area contributed by atoms with Crippen LogP contribution in [0.3, 0.4) is 0 Å². The Morgan fingerprint density at radius 2 is 2.00 bits per heavy atom. The highest BCUT2D eigenvalue weighted by Crippen LogP contribution is 2.14. The maximum absolute atomic E-state index is 11.9. The summed E-state index contributed by atoms with van der Waals surface area (Å²) in [7, 11) is 0. The lowest BCUT2D eigenvalue weighted by molar-refractivity contribution is 0.0943. The number of benzene rings is 1. The molecule has 0 saturated carbocycles. The first-order valence-corrected chi connectivity index (χ1v) is 7.20. The molecule has 0 radical (unpaired) electrons. The normalized spacial score (nSPS) is 12.3. The molecule has 106 valence electrons. The third kappa shape index (κ3) is 5.77. The van der Waals surface area contributed by atoms with Crippen LogP contribution in [0.25, 0.3) is 0 Å². The maximum Gasteiger partial charge on any atom is 0.251 e. The number of amides is 1. The Morgan fingerprint density at radius 1 is 1.26 bits per heavy atom. The van der Waals surface area contributed by atoms with Gasteiger partial charge in [0.2, 0.25) is 0 Å². The van der Waals surface area contributed by atoms with Crippen LogP contribution in [-0.2, 0) is 0 Å². The SMILES string of the molecule is CCCCC(C)Nc1cccc(C(=O)NC(C)C)c1. The monoisotopic (exact) mass is 262 g/mol. The topological polar surface area (TPSA) is 41.1 Å². The Bertz CT molecular complexity index is 401. The van der Waals surface area contributed by atoms with Crippen molar-refractivity contribution >= 4 is 11.6 Å². The van der Waals surface area contributed by atoms with Crippen LogP contribution in [0.4, 0.5) is 5.69 Å². The van der Waals surface area contributed by atoms with Crippen LogP contribution in [0.2, 0.25) is 0 Å². The van der Waals surface area contributed by atoms with E-state index in [-0.39, 0.29) is 11.9 Å². The zero-order valence-corrected chi connectivity index (χ0v) is 12.5. The highest BCUT2D eigenvalue weighted by Gasteiger charge is 2.08. The molecule has 0 fully saturated rings. The van der Waals surface area contributed by atoms with Gasteiger partial charge in [-0.2, -0.15) is 0 Å². The minimum atomic E-state index is -0.0140. The van der Waals surface area contributed by atoms with Gasteiger partial charge in [-0.25, -0.2) is 0 Å². The first kappa shape index (κ1) is 15.5. The largest absolute Gasteiger partial charge is 0.383 e. The van der Waals surface area contributed by atoms with Crippen LogP contribution in [0, 0.1) is 0 Å². The van der Waals surface area contributed by atoms with E-state index in [0.29, 0.717) is 11.6 Å². The Labute approximate surface area is 116 Å². The average Bonchev–Trinajstić information content (AvgIpc) is 2.36. The van der Waals surface area contributed by atoms with Gasteiger partial charge in [0.15, 0.2) is 0 Å². The van der Waals surface area contributed by atoms with Crippen molar-refractivity contribution in [1.82, 2.24) is 5.32 Å². The summed E-state index contributed by atoms with van der Waals surface area (Å²) in [6, 6.07) is 8.29. The summed E-state index contributed by atoms with van der Waals surface area (Å²) in [6.45, 7) is 8.31. The van der Waals surface area contributed by atoms with Gasteiger partial charge in [-0.05, 0) is 45.4 Å². The summed E-state index contributed by atoms with van der Waals surface area (Å²) in [5.41, 5.74) is 1.72. The van der Waals surface area contributed by atoms with Crippen LogP contribution >= 0.6 is 0 Å². The van der Waals surface area contributed by atoms with Crippen LogP contribution in [0.1, 0.15) is 57.3 Å². The second kappa shape index (κ2) is 7.82. The molecule has 1 amide bonds. The Balaban J connectivity index is 2.63. The van der Waals surface area contributed by atoms with Gasteiger partial charge in [0.1, 0.15) is 0 Å². The number of hydrogen-bond donors (Lipinski definition) is 2. The molecular weight excluding hydrogens is 236 g/mol. The highest BCUT2D eigenvalue weighted by atomic mass is 16.1. The summed E-state index contributed by atoms with van der Waals surface area (Å²) in [5, 5.41) is 6.35. The molecule has 3 heteroatoms. The molecular formula is C16H26N2O. The van der Waals surface area contributed by atoms with Gasteiger partial charge < -0.3 is 10.6 Å². The standard InChI is InChI=1S/C16H26N2O/c1-5-6-8-13(4)18-15-10-7-9-14(11-15)16(19)17-12(2)3/h7,9-13,18H,5-6,8H2,1-4H3,(H,17,19). The molecule has 1 rings (SSSR count). The predicted octanol–water partition coefficient (Wildman–Crippen LogP) is 3.82. The molecule has 3 nitrogen and oxygen atoms in total. The summed E-state index contributed by atoms with van der Waals surface area (Å²) in [5.74, 6) is -0.0140. The van der Waals surface area contributed by atoms with E-state index < -0.39 is 0 Å². The Morgan fingerprint density at radius 3 is 2.63 bits per heavy atom. The summed E-state index contributed by atoms with van der Waals surface area (Å²) >= 11 is 0. The van der Waals surface area contributed by atoms with Crippen LogP contribution < -0.4 is 10.6 Å². The number of rotatable bonds is 7. The molecule has 0 saturated heterocycles. The minimum Gasteiger partial charge on any atom is -0.383 e. The Hall–Kier alpha value is -1.51. The first-order chi connectivity index (χ1) is 9.02. The average molecular weight is 262 g/mol. The lowest BCUT2D eigenvalue weighted by atomic mass is 10.1. The van der Waals surface area contributed by atoms with Gasteiger partial charge in [-0.1, -0.05) is 25.8 Å². The Kier molecular flexibility index (Phi) is 6.40. The number of carbonyl (C=O) groups is 1. The van der Waals surface area contributed by atoms with Crippen molar-refractivity contribution in [2.45, 2.75) is 59.0 Å². The zero-order valence-electron chi connectivity index (χ0n) is 12.5. The van der Waals surface area contributed by atoms with Gasteiger partial charge in [0.25, 0.3) is 5.91 Å². The fourth-order valence-corrected chi connectivity index (χ4v) is 1.96. The van der Waals surface area contributed by atoms with Crippen molar-refractivity contribution in [1.29, 1.82) is 0 Å². The van der Waals surface area contributed by atoms with Crippen LogP contribution in [0.5, 0.6) is 0 Å². The lowest BCUT2D eigenvalue weighted by Gasteiger charge is -2.16. The van der Waals surface area contributed by atoms with Gasteiger partial charge in [0.05, 0.1) is 0 Å². The molecule has 19 heavy (non-hydrogen) atoms. The highest BCUT2D eigenvalue weighted by molar-refractivity contribution is 5.95. The van der Waals surface area contributed by atoms with Crippen molar-refractivity contribution in [2.75, 3.05) is 5.32 Å². The zero-order chi connectivity index (χ0) is 14.3. The summed E-state index contributed by atoms with van der Waals surface area (Å²) < 4.78 is 0. The number of carbonyl (C=O) groups excluding carboxylic acids is 1. The van der Waals surface area contributed by atoms with Crippen molar-refractivity contribution in [3.63, 3.8) is 0 Å². The van der Waals surface area contributed by atoms with E-state index in [9.17, 15) is 4.79 Å². The fraction of sp³-hybridized carbons (Fsp3) is 0.562. The molecule has 0 aliphatic heterocycles. The van der Waals surface area contributed by atoms with Gasteiger partial charge in [-0.3, -0.25) is 4.79 Å². The van der Waals surface area contributed by atoms with E-state index in [1.807, 2.05) is 38.1 Å². The molecule has 0 aromatic heterocycles. The molecule has 1 unspecified atom stereocenters. The summed E-state index contributed by atoms with van der Waals surface area (Å²) in [4.78, 5) is 11.9. The predicted molar refractivity (Wildman–Crippen MR) is 81.7 cm³/mol. The maximum atomic E-state index is 11.9. The molecule has 1 aromatic carbocycles. The van der Waals surface area contributed by atoms with Crippen molar-refractivity contribution < 1.29 is 4.79 Å². The molecule has 0 bridgehead atoms. The second-order valence-electron chi connectivity index (χ2n) is 5.40. The van der Waals surface area contributed by atoms with Crippen molar-refractivity contribution in [3.8, 4) is 0 Å². The number of hydrogen-bond acceptors (Lipinski definition) is 2. The molecule has 0 heterocycles. The minimum absolute atomic E-state index is 0.0140. The fourth-order valence-electron chi connectivity index (χ4n) is 1.96. The van der Waals surface area contributed by atoms with E-state index in [1.165, 1.54) is 12.8 Å². The lowest BCUT2D eigenvalue weighted by Crippen LogP contribution is -2.30. The molecule has 2 N–H and O–H groups in total. The first-order valence-electron chi connectivity index (χ1n) is 7.20. The van der Waals surface area contributed by atoms with E-state index >= 15 is 0 Å². The number of unbranched alkanes of at least 4 members (excludes halogenated alkanes) is 1. The summed E-state index contributed by atoms with van der Waals surface area (Å²) in [6.07, 6.45) is 3.59. The molecule has 1 atom stereocenters. The molecule has 0 spiro atoms. The van der Waals surface area contributed by atoms with E-state index in [0.717, 1.165) is 12.1 Å². The van der Waals surface area contributed by atoms with Crippen LogP contribution in [0.15, 0.2) is 24.3 Å². The third-order valence-electron chi connectivity index (χ3n) is 2.95. The van der Waals surface area contributed by atoms with Crippen LogP contribution in [-0.4, -0.2) is 18.0 Å². The molecule has 0 aliphatic carbocycles. The molecule has 0 aliphatic rings. The van der Waals surface area contributed by atoms with E-state index in [4.69, 9.17) is 0 Å². The number of nitrogens with one attached hydrogen (secondary N) is 2. The van der Waals surface area contributed by atoms with Crippen molar-refractivity contribution in [2.24, 2.45) is 0 Å². The smallest absolute Gasteiger partial charge is 0.251 e.